The van der Waals surface area contributed by atoms with Gasteiger partial charge in [0.25, 0.3) is 0 Å². The quantitative estimate of drug-likeness (QED) is 0.862. The molecule has 1 fully saturated rings. The molecule has 0 saturated carbocycles. The lowest BCUT2D eigenvalue weighted by molar-refractivity contribution is -0.137. The van der Waals surface area contributed by atoms with Crippen molar-refractivity contribution >= 4 is 16.0 Å². The zero-order chi connectivity index (χ0) is 15.5. The van der Waals surface area contributed by atoms with E-state index in [-0.39, 0.29) is 29.5 Å². The second kappa shape index (κ2) is 6.20. The van der Waals surface area contributed by atoms with E-state index >= 15 is 0 Å². The Morgan fingerprint density at radius 1 is 1.57 bits per heavy atom. The summed E-state index contributed by atoms with van der Waals surface area (Å²) in [6.07, 6.45) is 2.50. The van der Waals surface area contributed by atoms with Gasteiger partial charge in [0, 0.05) is 25.7 Å². The Balaban J connectivity index is 2.15. The average molecular weight is 309 g/mol. The zero-order valence-corrected chi connectivity index (χ0v) is 12.1. The Hall–Kier alpha value is -1.98. The van der Waals surface area contributed by atoms with E-state index in [0.29, 0.717) is 19.4 Å². The highest BCUT2D eigenvalue weighted by Gasteiger charge is 2.34. The molecule has 2 heterocycles. The molecule has 1 aliphatic rings. The molecular formula is C13H15N3O4S. The van der Waals surface area contributed by atoms with Crippen molar-refractivity contribution in [3.8, 4) is 6.07 Å². The molecule has 2 rings (SSSR count). The minimum absolute atomic E-state index is 0.0366. The predicted molar refractivity (Wildman–Crippen MR) is 72.7 cm³/mol. The summed E-state index contributed by atoms with van der Waals surface area (Å²) >= 11 is 0. The van der Waals surface area contributed by atoms with Gasteiger partial charge in [-0.15, -0.1) is 0 Å². The minimum atomic E-state index is -3.75. The second-order valence-electron chi connectivity index (χ2n) is 4.91. The van der Waals surface area contributed by atoms with Gasteiger partial charge in [-0.2, -0.15) is 9.57 Å². The van der Waals surface area contributed by atoms with Crippen LogP contribution >= 0.6 is 0 Å². The highest BCUT2D eigenvalue weighted by Crippen LogP contribution is 2.27. The Bertz CT molecular complexity index is 681. The minimum Gasteiger partial charge on any atom is -0.481 e. The number of carboxylic acid groups (broad SMARTS) is 1. The number of hydrogen-bond acceptors (Lipinski definition) is 5. The zero-order valence-electron chi connectivity index (χ0n) is 11.3. The van der Waals surface area contributed by atoms with Crippen molar-refractivity contribution in [2.45, 2.75) is 24.2 Å². The van der Waals surface area contributed by atoms with Gasteiger partial charge in [0.2, 0.25) is 10.0 Å². The number of carboxylic acids is 1. The van der Waals surface area contributed by atoms with Crippen molar-refractivity contribution in [1.82, 2.24) is 9.29 Å². The molecule has 112 valence electrons. The lowest BCUT2D eigenvalue weighted by Gasteiger charge is -2.16. The number of rotatable bonds is 5. The molecule has 0 aromatic carbocycles. The molecule has 1 saturated heterocycles. The summed E-state index contributed by atoms with van der Waals surface area (Å²) in [5.74, 6) is -0.839. The van der Waals surface area contributed by atoms with Crippen LogP contribution < -0.4 is 0 Å². The molecule has 1 aliphatic heterocycles. The lowest BCUT2D eigenvalue weighted by atomic mass is 10.0. The number of hydrogen-bond donors (Lipinski definition) is 1. The van der Waals surface area contributed by atoms with Crippen LogP contribution in [0.4, 0.5) is 0 Å². The summed E-state index contributed by atoms with van der Waals surface area (Å²) in [5.41, 5.74) is -0.119. The first-order valence-electron chi connectivity index (χ1n) is 6.52. The maximum absolute atomic E-state index is 12.5. The first-order chi connectivity index (χ1) is 9.95. The van der Waals surface area contributed by atoms with E-state index in [0.717, 1.165) is 0 Å². The van der Waals surface area contributed by atoms with Crippen LogP contribution in [0.1, 0.15) is 25.0 Å². The van der Waals surface area contributed by atoms with E-state index in [1.165, 1.54) is 22.6 Å². The number of nitrogens with zero attached hydrogens (tertiary/aromatic N) is 3. The third-order valence-corrected chi connectivity index (χ3v) is 5.41. The molecule has 1 aromatic heterocycles. The normalized spacial score (nSPS) is 19.3. The SMILES string of the molecule is N#Cc1ncccc1S(=O)(=O)N1CCC(CCC(=O)O)C1. The molecule has 1 atom stereocenters. The standard InChI is InChI=1S/C13H15N3O4S/c14-8-11-12(2-1-6-15-11)21(19,20)16-7-5-10(9-16)3-4-13(17)18/h1-2,6,10H,3-5,7,9H2,(H,17,18). The van der Waals surface area contributed by atoms with Crippen molar-refractivity contribution in [2.75, 3.05) is 13.1 Å². The first kappa shape index (κ1) is 15.4. The van der Waals surface area contributed by atoms with E-state index in [1.54, 1.807) is 6.07 Å². The number of aromatic nitrogens is 1. The predicted octanol–water partition coefficient (Wildman–Crippen LogP) is 0.829. The maximum Gasteiger partial charge on any atom is 0.303 e. The van der Waals surface area contributed by atoms with Crippen LogP contribution in [0.15, 0.2) is 23.2 Å². The number of aliphatic carboxylic acids is 1. The summed E-state index contributed by atoms with van der Waals surface area (Å²) in [7, 11) is -3.75. The van der Waals surface area contributed by atoms with Crippen LogP contribution in [0.2, 0.25) is 0 Å². The van der Waals surface area contributed by atoms with Crippen molar-refractivity contribution in [1.29, 1.82) is 5.26 Å². The van der Waals surface area contributed by atoms with Gasteiger partial charge in [-0.25, -0.2) is 13.4 Å². The Labute approximate surface area is 122 Å². The van der Waals surface area contributed by atoms with E-state index in [1.807, 2.05) is 0 Å². The fourth-order valence-corrected chi connectivity index (χ4v) is 4.02. The van der Waals surface area contributed by atoms with Crippen LogP contribution in [0, 0.1) is 17.2 Å². The highest BCUT2D eigenvalue weighted by molar-refractivity contribution is 7.89. The molecule has 0 radical (unpaired) electrons. The first-order valence-corrected chi connectivity index (χ1v) is 7.96. The van der Waals surface area contributed by atoms with Crippen LogP contribution in [0.25, 0.3) is 0 Å². The average Bonchev–Trinajstić information content (AvgIpc) is 2.94. The third kappa shape index (κ3) is 3.37. The van der Waals surface area contributed by atoms with Gasteiger partial charge in [0.1, 0.15) is 11.0 Å². The number of carbonyl (C=O) groups is 1. The highest BCUT2D eigenvalue weighted by atomic mass is 32.2. The monoisotopic (exact) mass is 309 g/mol. The van der Waals surface area contributed by atoms with Crippen LogP contribution in [0.3, 0.4) is 0 Å². The number of pyridine rings is 1. The molecule has 1 aromatic rings. The summed E-state index contributed by atoms with van der Waals surface area (Å²) in [6.45, 7) is 0.627. The lowest BCUT2D eigenvalue weighted by Crippen LogP contribution is -2.29. The fraction of sp³-hybridized carbons (Fsp3) is 0.462. The van der Waals surface area contributed by atoms with Gasteiger partial charge in [-0.1, -0.05) is 0 Å². The van der Waals surface area contributed by atoms with E-state index < -0.39 is 16.0 Å². The fourth-order valence-electron chi connectivity index (χ4n) is 2.40. The number of nitriles is 1. The van der Waals surface area contributed by atoms with Gasteiger partial charge >= 0.3 is 5.97 Å². The molecule has 21 heavy (non-hydrogen) atoms. The van der Waals surface area contributed by atoms with Gasteiger partial charge in [-0.3, -0.25) is 4.79 Å². The van der Waals surface area contributed by atoms with E-state index in [2.05, 4.69) is 4.98 Å². The molecule has 0 bridgehead atoms. The molecule has 0 aliphatic carbocycles. The summed E-state index contributed by atoms with van der Waals surface area (Å²) < 4.78 is 26.3. The smallest absolute Gasteiger partial charge is 0.303 e. The summed E-state index contributed by atoms with van der Waals surface area (Å²) in [5, 5.41) is 17.6. The molecular weight excluding hydrogens is 294 g/mol. The van der Waals surface area contributed by atoms with Crippen LogP contribution in [-0.2, 0) is 14.8 Å². The van der Waals surface area contributed by atoms with Crippen LogP contribution in [-0.4, -0.2) is 41.9 Å². The molecule has 1 N–H and O–H groups in total. The second-order valence-corrected chi connectivity index (χ2v) is 6.82. The Kier molecular flexibility index (Phi) is 4.55. The molecule has 0 spiro atoms. The molecule has 7 nitrogen and oxygen atoms in total. The van der Waals surface area contributed by atoms with Crippen molar-refractivity contribution < 1.29 is 18.3 Å². The largest absolute Gasteiger partial charge is 0.481 e. The van der Waals surface area contributed by atoms with Crippen LogP contribution in [0.5, 0.6) is 0 Å². The third-order valence-electron chi connectivity index (χ3n) is 3.51. The van der Waals surface area contributed by atoms with Crippen molar-refractivity contribution in [2.24, 2.45) is 5.92 Å². The van der Waals surface area contributed by atoms with Crippen molar-refractivity contribution in [3.05, 3.63) is 24.0 Å². The van der Waals surface area contributed by atoms with E-state index in [4.69, 9.17) is 10.4 Å². The van der Waals surface area contributed by atoms with Crippen molar-refractivity contribution in [3.63, 3.8) is 0 Å². The summed E-state index contributed by atoms with van der Waals surface area (Å²) in [4.78, 5) is 14.2. The topological polar surface area (TPSA) is 111 Å². The maximum atomic E-state index is 12.5. The number of sulfonamides is 1. The molecule has 0 amide bonds. The van der Waals surface area contributed by atoms with Gasteiger partial charge in [-0.05, 0) is 30.9 Å². The molecule has 8 heteroatoms. The van der Waals surface area contributed by atoms with Gasteiger partial charge in [0.05, 0.1) is 0 Å². The summed E-state index contributed by atoms with van der Waals surface area (Å²) in [6, 6.07) is 4.63. The van der Waals surface area contributed by atoms with Gasteiger partial charge in [0.15, 0.2) is 5.69 Å². The van der Waals surface area contributed by atoms with E-state index in [9.17, 15) is 13.2 Å². The molecule has 1 unspecified atom stereocenters. The Morgan fingerprint density at radius 3 is 3.00 bits per heavy atom. The van der Waals surface area contributed by atoms with Gasteiger partial charge < -0.3 is 5.11 Å². The Morgan fingerprint density at radius 2 is 2.33 bits per heavy atom.